The molecule has 0 spiro atoms. The predicted molar refractivity (Wildman–Crippen MR) is 77.0 cm³/mol. The van der Waals surface area contributed by atoms with Crippen LogP contribution in [0.2, 0.25) is 0 Å². The number of ether oxygens (including phenoxy) is 1. The molecule has 2 aromatic rings. The molecule has 0 bridgehead atoms. The van der Waals surface area contributed by atoms with Gasteiger partial charge in [0.25, 0.3) is 5.82 Å². The molecule has 0 aliphatic carbocycles. The van der Waals surface area contributed by atoms with Gasteiger partial charge in [0.2, 0.25) is 0 Å². The van der Waals surface area contributed by atoms with Gasteiger partial charge in [-0.15, -0.1) is 5.10 Å². The number of rotatable bonds is 3. The number of hydrogen-bond donors (Lipinski definition) is 0. The molecule has 122 valence electrons. The van der Waals surface area contributed by atoms with Crippen molar-refractivity contribution in [2.45, 2.75) is 20.0 Å². The highest BCUT2D eigenvalue weighted by Gasteiger charge is 2.31. The summed E-state index contributed by atoms with van der Waals surface area (Å²) in [6, 6.07) is 4.62. The number of nitrogens with zero attached hydrogens (tertiary/aromatic N) is 3. The van der Waals surface area contributed by atoms with Gasteiger partial charge < -0.3 is 4.74 Å². The number of hydrogen-bond acceptors (Lipinski definition) is 4. The molecule has 0 aliphatic heterocycles. The van der Waals surface area contributed by atoms with Crippen molar-refractivity contribution in [3.05, 3.63) is 47.1 Å². The van der Waals surface area contributed by atoms with Gasteiger partial charge in [0.1, 0.15) is 0 Å². The summed E-state index contributed by atoms with van der Waals surface area (Å²) in [6.45, 7) is 3.59. The van der Waals surface area contributed by atoms with E-state index in [-0.39, 0.29) is 17.3 Å². The molecule has 0 saturated carbocycles. The van der Waals surface area contributed by atoms with Crippen LogP contribution in [0.5, 0.6) is 0 Å². The van der Waals surface area contributed by atoms with Gasteiger partial charge in [-0.25, -0.2) is 14.5 Å². The molecule has 1 aromatic heterocycles. The fraction of sp³-hybridized carbons (Fsp3) is 0.267. The van der Waals surface area contributed by atoms with E-state index in [1.54, 1.807) is 19.9 Å². The first-order valence-corrected chi connectivity index (χ1v) is 6.60. The Bertz CT molecular complexity index is 760. The Morgan fingerprint density at radius 1 is 1.30 bits per heavy atom. The van der Waals surface area contributed by atoms with Gasteiger partial charge in [-0.1, -0.05) is 11.6 Å². The van der Waals surface area contributed by atoms with Crippen LogP contribution in [-0.2, 0) is 10.9 Å². The largest absolute Gasteiger partial charge is 0.463 e. The molecular formula is C15H14F3N3O2. The fourth-order valence-corrected chi connectivity index (χ4v) is 1.86. The van der Waals surface area contributed by atoms with E-state index in [1.807, 2.05) is 0 Å². The molecule has 0 saturated heterocycles. The maximum atomic E-state index is 12.9. The monoisotopic (exact) mass is 325 g/mol. The van der Waals surface area contributed by atoms with E-state index in [0.717, 1.165) is 17.7 Å². The van der Waals surface area contributed by atoms with Crippen molar-refractivity contribution >= 4 is 12.0 Å². The minimum absolute atomic E-state index is 0.148. The summed E-state index contributed by atoms with van der Waals surface area (Å²) in [5.41, 5.74) is 0.185. The molecule has 0 atom stereocenters. The van der Waals surface area contributed by atoms with Crippen LogP contribution in [0.25, 0.3) is 11.8 Å². The highest BCUT2D eigenvalue weighted by atomic mass is 19.4. The van der Waals surface area contributed by atoms with Gasteiger partial charge in [-0.3, -0.25) is 0 Å². The minimum atomic E-state index is -4.47. The molecule has 0 N–H and O–H groups in total. The Morgan fingerprint density at radius 3 is 2.57 bits per heavy atom. The van der Waals surface area contributed by atoms with Crippen molar-refractivity contribution in [3.8, 4) is 5.69 Å². The lowest BCUT2D eigenvalue weighted by Crippen LogP contribution is -2.08. The Balaban J connectivity index is 2.60. The zero-order chi connectivity index (χ0) is 17.2. The first-order chi connectivity index (χ1) is 10.7. The van der Waals surface area contributed by atoms with E-state index >= 15 is 0 Å². The highest BCUT2D eigenvalue weighted by molar-refractivity contribution is 5.85. The molecule has 0 amide bonds. The van der Waals surface area contributed by atoms with Crippen LogP contribution in [0.4, 0.5) is 13.2 Å². The number of carbonyl (C=O) groups excluding carboxylic acids is 1. The van der Waals surface area contributed by atoms with Crippen LogP contribution in [0.3, 0.4) is 0 Å². The first kappa shape index (κ1) is 16.7. The van der Waals surface area contributed by atoms with E-state index < -0.39 is 17.7 Å². The van der Waals surface area contributed by atoms with Crippen LogP contribution < -0.4 is 0 Å². The van der Waals surface area contributed by atoms with E-state index in [1.165, 1.54) is 23.9 Å². The highest BCUT2D eigenvalue weighted by Crippen LogP contribution is 2.30. The van der Waals surface area contributed by atoms with Gasteiger partial charge >= 0.3 is 12.1 Å². The van der Waals surface area contributed by atoms with E-state index in [9.17, 15) is 18.0 Å². The maximum absolute atomic E-state index is 12.9. The summed E-state index contributed by atoms with van der Waals surface area (Å²) >= 11 is 0. The summed E-state index contributed by atoms with van der Waals surface area (Å²) in [4.78, 5) is 15.6. The molecule has 0 fully saturated rings. The molecule has 1 heterocycles. The zero-order valence-corrected chi connectivity index (χ0v) is 12.7. The summed E-state index contributed by atoms with van der Waals surface area (Å²) in [6.07, 6.45) is -2.86. The molecule has 8 heteroatoms. The molecule has 0 unspecified atom stereocenters. The Hall–Kier alpha value is -2.64. The Morgan fingerprint density at radius 2 is 2.00 bits per heavy atom. The molecule has 5 nitrogen and oxygen atoms in total. The lowest BCUT2D eigenvalue weighted by Gasteiger charge is -2.09. The van der Waals surface area contributed by atoms with Crippen molar-refractivity contribution in [3.63, 3.8) is 0 Å². The van der Waals surface area contributed by atoms with Crippen molar-refractivity contribution in [2.75, 3.05) is 7.11 Å². The standard InChI is InChI=1S/C15H14F3N3O2/c1-9(2)7-12-19-13(14(22)23-3)20-21(12)11-6-4-5-10(8-11)15(16,17)18/h4-8H,1-3H3. The molecule has 23 heavy (non-hydrogen) atoms. The Kier molecular flexibility index (Phi) is 4.53. The minimum Gasteiger partial charge on any atom is -0.463 e. The zero-order valence-electron chi connectivity index (χ0n) is 12.7. The number of esters is 1. The van der Waals surface area contributed by atoms with Gasteiger partial charge in [-0.2, -0.15) is 13.2 Å². The molecule has 0 radical (unpaired) electrons. The maximum Gasteiger partial charge on any atom is 0.416 e. The average Bonchev–Trinajstić information content (AvgIpc) is 2.88. The summed E-state index contributed by atoms with van der Waals surface area (Å²) < 4.78 is 44.3. The molecular weight excluding hydrogens is 311 g/mol. The lowest BCUT2D eigenvalue weighted by atomic mass is 10.2. The van der Waals surface area contributed by atoms with Gasteiger partial charge in [0.05, 0.1) is 18.4 Å². The topological polar surface area (TPSA) is 57.0 Å². The van der Waals surface area contributed by atoms with E-state index in [4.69, 9.17) is 0 Å². The third-order valence-corrected chi connectivity index (χ3v) is 2.84. The second kappa shape index (κ2) is 6.23. The van der Waals surface area contributed by atoms with Crippen LogP contribution in [0.15, 0.2) is 29.8 Å². The van der Waals surface area contributed by atoms with Crippen molar-refractivity contribution in [1.29, 1.82) is 0 Å². The van der Waals surface area contributed by atoms with Gasteiger partial charge in [0, 0.05) is 0 Å². The smallest absolute Gasteiger partial charge is 0.416 e. The molecule has 1 aromatic carbocycles. The lowest BCUT2D eigenvalue weighted by molar-refractivity contribution is -0.137. The summed E-state index contributed by atoms with van der Waals surface area (Å²) in [5, 5.41) is 3.95. The van der Waals surface area contributed by atoms with Crippen molar-refractivity contribution in [2.24, 2.45) is 0 Å². The number of aromatic nitrogens is 3. The summed E-state index contributed by atoms with van der Waals surface area (Å²) in [7, 11) is 1.17. The number of benzene rings is 1. The normalized spacial score (nSPS) is 11.2. The quantitative estimate of drug-likeness (QED) is 0.811. The van der Waals surface area contributed by atoms with E-state index in [2.05, 4.69) is 14.8 Å². The number of halogens is 3. The third-order valence-electron chi connectivity index (χ3n) is 2.84. The number of carbonyl (C=O) groups is 1. The van der Waals surface area contributed by atoms with Crippen molar-refractivity contribution < 1.29 is 22.7 Å². The van der Waals surface area contributed by atoms with Crippen LogP contribution in [-0.4, -0.2) is 27.8 Å². The molecule has 0 aliphatic rings. The van der Waals surface area contributed by atoms with Crippen LogP contribution in [0, 0.1) is 0 Å². The third kappa shape index (κ3) is 3.77. The van der Waals surface area contributed by atoms with Crippen LogP contribution >= 0.6 is 0 Å². The number of methoxy groups -OCH3 is 1. The number of alkyl halides is 3. The average molecular weight is 325 g/mol. The second-order valence-corrected chi connectivity index (χ2v) is 4.97. The molecule has 2 rings (SSSR count). The van der Waals surface area contributed by atoms with Gasteiger partial charge in [0.15, 0.2) is 5.82 Å². The van der Waals surface area contributed by atoms with Crippen LogP contribution in [0.1, 0.15) is 35.9 Å². The summed E-state index contributed by atoms with van der Waals surface area (Å²) in [5.74, 6) is -0.749. The number of allylic oxidation sites excluding steroid dienone is 1. The van der Waals surface area contributed by atoms with E-state index in [0.29, 0.717) is 0 Å². The van der Waals surface area contributed by atoms with Crippen molar-refractivity contribution in [1.82, 2.24) is 14.8 Å². The Labute approximate surface area is 130 Å². The second-order valence-electron chi connectivity index (χ2n) is 4.97. The SMILES string of the molecule is COC(=O)c1nc(C=C(C)C)n(-c2cccc(C(F)(F)F)c2)n1. The fourth-order valence-electron chi connectivity index (χ4n) is 1.86. The first-order valence-electron chi connectivity index (χ1n) is 6.60. The predicted octanol–water partition coefficient (Wildman–Crippen LogP) is 3.50. The van der Waals surface area contributed by atoms with Gasteiger partial charge in [-0.05, 0) is 38.1 Å².